The fourth-order valence-corrected chi connectivity index (χ4v) is 2.77. The average Bonchev–Trinajstić information content (AvgIpc) is 3.04. The summed E-state index contributed by atoms with van der Waals surface area (Å²) in [7, 11) is 1.50. The third kappa shape index (κ3) is 3.35. The number of ether oxygens (including phenoxy) is 1. The smallest absolute Gasteiger partial charge is 0.229 e. The second kappa shape index (κ2) is 7.07. The van der Waals surface area contributed by atoms with E-state index >= 15 is 0 Å². The van der Waals surface area contributed by atoms with E-state index in [1.54, 1.807) is 24.3 Å². The molecular formula is C18H15F3N2O3. The Morgan fingerprint density at radius 2 is 1.96 bits per heavy atom. The minimum atomic E-state index is -1.66. The van der Waals surface area contributed by atoms with Crippen LogP contribution in [0.25, 0.3) is 0 Å². The number of hydrogen-bond donors (Lipinski definition) is 1. The first-order chi connectivity index (χ1) is 12.4. The first-order valence-corrected chi connectivity index (χ1v) is 7.79. The van der Waals surface area contributed by atoms with Gasteiger partial charge in [0.2, 0.25) is 11.8 Å². The van der Waals surface area contributed by atoms with Gasteiger partial charge in [-0.3, -0.25) is 9.59 Å². The lowest BCUT2D eigenvalue weighted by Gasteiger charge is -2.17. The monoisotopic (exact) mass is 364 g/mol. The summed E-state index contributed by atoms with van der Waals surface area (Å²) in [5.41, 5.74) is 0.102. The van der Waals surface area contributed by atoms with Crippen LogP contribution in [0.4, 0.5) is 24.5 Å². The number of benzene rings is 2. The number of anilines is 2. The standard InChI is InChI=1S/C18H15F3N2O3/c1-26-12-4-2-3-11(8-12)23-9-10(7-15(23)24)18(25)22-14-6-5-13(19)16(20)17(14)21/h2-6,8,10H,7,9H2,1H3,(H,22,25). The molecule has 1 fully saturated rings. The van der Waals surface area contributed by atoms with Gasteiger partial charge in [0.25, 0.3) is 0 Å². The van der Waals surface area contributed by atoms with Crippen LogP contribution in [0.5, 0.6) is 5.75 Å². The number of rotatable bonds is 4. The molecule has 1 heterocycles. The Hall–Kier alpha value is -3.03. The maximum atomic E-state index is 13.7. The average molecular weight is 364 g/mol. The molecule has 2 aromatic carbocycles. The van der Waals surface area contributed by atoms with Crippen molar-refractivity contribution >= 4 is 23.2 Å². The van der Waals surface area contributed by atoms with E-state index in [-0.39, 0.29) is 18.9 Å². The first kappa shape index (κ1) is 17.8. The molecule has 0 aromatic heterocycles. The van der Waals surface area contributed by atoms with Crippen molar-refractivity contribution < 1.29 is 27.5 Å². The summed E-state index contributed by atoms with van der Waals surface area (Å²) in [6.45, 7) is 0.0864. The third-order valence-corrected chi connectivity index (χ3v) is 4.15. The highest BCUT2D eigenvalue weighted by Crippen LogP contribution is 2.29. The Bertz CT molecular complexity index is 873. The molecule has 1 saturated heterocycles. The molecule has 3 rings (SSSR count). The highest BCUT2D eigenvalue weighted by molar-refractivity contribution is 6.03. The molecule has 0 radical (unpaired) electrons. The molecule has 0 bridgehead atoms. The van der Waals surface area contributed by atoms with Crippen LogP contribution in [-0.2, 0) is 9.59 Å². The van der Waals surface area contributed by atoms with Gasteiger partial charge in [0, 0.05) is 24.7 Å². The molecule has 0 saturated carbocycles. The summed E-state index contributed by atoms with van der Waals surface area (Å²) >= 11 is 0. The number of nitrogens with zero attached hydrogens (tertiary/aromatic N) is 1. The zero-order valence-corrected chi connectivity index (χ0v) is 13.8. The maximum Gasteiger partial charge on any atom is 0.229 e. The summed E-state index contributed by atoms with van der Waals surface area (Å²) in [5, 5.41) is 2.21. The van der Waals surface area contributed by atoms with Gasteiger partial charge in [-0.05, 0) is 24.3 Å². The molecule has 0 aliphatic carbocycles. The second-order valence-corrected chi connectivity index (χ2v) is 5.82. The van der Waals surface area contributed by atoms with Gasteiger partial charge < -0.3 is 15.0 Å². The Kier molecular flexibility index (Phi) is 4.83. The summed E-state index contributed by atoms with van der Waals surface area (Å²) in [6.07, 6.45) is -0.0751. The fraction of sp³-hybridized carbons (Fsp3) is 0.222. The van der Waals surface area contributed by atoms with Crippen LogP contribution in [0.1, 0.15) is 6.42 Å². The topological polar surface area (TPSA) is 58.6 Å². The van der Waals surface area contributed by atoms with Crippen molar-refractivity contribution in [3.8, 4) is 5.75 Å². The molecule has 26 heavy (non-hydrogen) atoms. The molecule has 1 aliphatic heterocycles. The predicted octanol–water partition coefficient (Wildman–Crippen LogP) is 3.10. The van der Waals surface area contributed by atoms with E-state index < -0.39 is 35.0 Å². The normalized spacial score (nSPS) is 16.7. The summed E-state index contributed by atoms with van der Waals surface area (Å²) in [4.78, 5) is 26.0. The van der Waals surface area contributed by atoms with Crippen LogP contribution in [0.3, 0.4) is 0 Å². The molecule has 1 unspecified atom stereocenters. The van der Waals surface area contributed by atoms with Gasteiger partial charge in [0.1, 0.15) is 5.75 Å². The highest BCUT2D eigenvalue weighted by atomic mass is 19.2. The van der Waals surface area contributed by atoms with Gasteiger partial charge in [-0.15, -0.1) is 0 Å². The van der Waals surface area contributed by atoms with Crippen molar-refractivity contribution in [3.05, 3.63) is 53.8 Å². The van der Waals surface area contributed by atoms with E-state index in [1.807, 2.05) is 0 Å². The van der Waals surface area contributed by atoms with Crippen molar-refractivity contribution in [2.24, 2.45) is 5.92 Å². The molecule has 1 aliphatic rings. The quantitative estimate of drug-likeness (QED) is 0.849. The molecule has 1 N–H and O–H groups in total. The van der Waals surface area contributed by atoms with Crippen molar-refractivity contribution in [2.75, 3.05) is 23.9 Å². The summed E-state index contributed by atoms with van der Waals surface area (Å²) < 4.78 is 45.0. The molecule has 0 spiro atoms. The number of hydrogen-bond acceptors (Lipinski definition) is 3. The van der Waals surface area contributed by atoms with Crippen LogP contribution in [0.2, 0.25) is 0 Å². The first-order valence-electron chi connectivity index (χ1n) is 7.79. The fourth-order valence-electron chi connectivity index (χ4n) is 2.77. The number of amides is 2. The lowest BCUT2D eigenvalue weighted by atomic mass is 10.1. The number of carbonyl (C=O) groups is 2. The zero-order valence-electron chi connectivity index (χ0n) is 13.8. The van der Waals surface area contributed by atoms with Crippen molar-refractivity contribution in [1.82, 2.24) is 0 Å². The minimum absolute atomic E-state index is 0.0751. The van der Waals surface area contributed by atoms with Crippen LogP contribution in [-0.4, -0.2) is 25.5 Å². The van der Waals surface area contributed by atoms with Gasteiger partial charge in [-0.2, -0.15) is 0 Å². The predicted molar refractivity (Wildman–Crippen MR) is 88.4 cm³/mol. The Labute approximate surface area is 147 Å². The maximum absolute atomic E-state index is 13.7. The largest absolute Gasteiger partial charge is 0.497 e. The number of carbonyl (C=O) groups excluding carboxylic acids is 2. The molecule has 8 heteroatoms. The van der Waals surface area contributed by atoms with Crippen LogP contribution >= 0.6 is 0 Å². The van der Waals surface area contributed by atoms with Gasteiger partial charge >= 0.3 is 0 Å². The summed E-state index contributed by atoms with van der Waals surface area (Å²) in [5.74, 6) is -5.59. The Balaban J connectivity index is 1.74. The van der Waals surface area contributed by atoms with Gasteiger partial charge in [0.05, 0.1) is 18.7 Å². The SMILES string of the molecule is COc1cccc(N2CC(C(=O)Nc3ccc(F)c(F)c3F)CC2=O)c1. The Morgan fingerprint density at radius 3 is 2.69 bits per heavy atom. The third-order valence-electron chi connectivity index (χ3n) is 4.15. The van der Waals surface area contributed by atoms with Crippen LogP contribution in [0, 0.1) is 23.4 Å². The number of methoxy groups -OCH3 is 1. The van der Waals surface area contributed by atoms with Gasteiger partial charge in [0.15, 0.2) is 17.5 Å². The van der Waals surface area contributed by atoms with E-state index in [0.29, 0.717) is 11.4 Å². The van der Waals surface area contributed by atoms with E-state index in [0.717, 1.165) is 12.1 Å². The van der Waals surface area contributed by atoms with Crippen molar-refractivity contribution in [3.63, 3.8) is 0 Å². The number of nitrogens with one attached hydrogen (secondary N) is 1. The van der Waals surface area contributed by atoms with E-state index in [4.69, 9.17) is 4.74 Å². The molecule has 5 nitrogen and oxygen atoms in total. The van der Waals surface area contributed by atoms with Crippen LogP contribution in [0.15, 0.2) is 36.4 Å². The van der Waals surface area contributed by atoms with Crippen molar-refractivity contribution in [1.29, 1.82) is 0 Å². The van der Waals surface area contributed by atoms with Gasteiger partial charge in [-0.1, -0.05) is 6.07 Å². The highest BCUT2D eigenvalue weighted by Gasteiger charge is 2.35. The zero-order chi connectivity index (χ0) is 18.8. The lowest BCUT2D eigenvalue weighted by Crippen LogP contribution is -2.28. The lowest BCUT2D eigenvalue weighted by molar-refractivity contribution is -0.122. The molecular weight excluding hydrogens is 349 g/mol. The second-order valence-electron chi connectivity index (χ2n) is 5.82. The number of halogens is 3. The molecule has 2 aromatic rings. The molecule has 136 valence electrons. The molecule has 2 amide bonds. The van der Waals surface area contributed by atoms with Crippen LogP contribution < -0.4 is 15.0 Å². The van der Waals surface area contributed by atoms with E-state index in [2.05, 4.69) is 5.32 Å². The molecule has 1 atom stereocenters. The minimum Gasteiger partial charge on any atom is -0.497 e. The van der Waals surface area contributed by atoms with Gasteiger partial charge in [-0.25, -0.2) is 13.2 Å². The Morgan fingerprint density at radius 1 is 1.19 bits per heavy atom. The van der Waals surface area contributed by atoms with E-state index in [1.165, 1.54) is 12.0 Å². The van der Waals surface area contributed by atoms with Crippen molar-refractivity contribution in [2.45, 2.75) is 6.42 Å². The van der Waals surface area contributed by atoms with E-state index in [9.17, 15) is 22.8 Å². The summed E-state index contributed by atoms with van der Waals surface area (Å²) in [6, 6.07) is 8.45.